The van der Waals surface area contributed by atoms with Crippen LogP contribution in [0.25, 0.3) is 22.2 Å². The Morgan fingerprint density at radius 3 is 2.50 bits per heavy atom. The van der Waals surface area contributed by atoms with Crippen LogP contribution in [-0.2, 0) is 10.0 Å². The Morgan fingerprint density at radius 2 is 1.86 bits per heavy atom. The first kappa shape index (κ1) is 18.9. The van der Waals surface area contributed by atoms with Crippen molar-refractivity contribution in [3.63, 3.8) is 0 Å². The molecule has 1 N–H and O–H groups in total. The highest BCUT2D eigenvalue weighted by Gasteiger charge is 2.39. The Kier molecular flexibility index (Phi) is 4.43. The summed E-state index contributed by atoms with van der Waals surface area (Å²) in [4.78, 5) is 5.03. The number of hydrogen-bond acceptors (Lipinski definition) is 3. The van der Waals surface area contributed by atoms with Crippen LogP contribution < -0.4 is 4.90 Å². The Hall–Kier alpha value is -2.45. The van der Waals surface area contributed by atoms with E-state index in [1.807, 2.05) is 30.3 Å². The summed E-state index contributed by atoms with van der Waals surface area (Å²) in [6.45, 7) is -0.153. The quantitative estimate of drug-likeness (QED) is 0.716. The summed E-state index contributed by atoms with van der Waals surface area (Å²) in [5.41, 5.74) is 2.79. The van der Waals surface area contributed by atoms with E-state index >= 15 is 0 Å². The maximum Gasteiger partial charge on any atom is 0.266 e. The van der Waals surface area contributed by atoms with Crippen molar-refractivity contribution in [2.45, 2.75) is 17.2 Å². The molecule has 148 valence electrons. The summed E-state index contributed by atoms with van der Waals surface area (Å²) in [6, 6.07) is 14.3. The van der Waals surface area contributed by atoms with Gasteiger partial charge in [-0.05, 0) is 30.3 Å². The van der Waals surface area contributed by atoms with E-state index in [1.54, 1.807) is 17.0 Å². The van der Waals surface area contributed by atoms with Crippen LogP contribution in [0.4, 0.5) is 14.5 Å². The number of sulfonamides is 1. The van der Waals surface area contributed by atoms with Crippen LogP contribution in [0.5, 0.6) is 0 Å². The van der Waals surface area contributed by atoms with Gasteiger partial charge in [-0.25, -0.2) is 21.5 Å². The van der Waals surface area contributed by atoms with Crippen molar-refractivity contribution in [1.82, 2.24) is 9.29 Å². The Morgan fingerprint density at radius 1 is 1.11 bits per heavy atom. The predicted molar refractivity (Wildman–Crippen MR) is 106 cm³/mol. The first-order chi connectivity index (χ1) is 13.2. The third kappa shape index (κ3) is 3.27. The van der Waals surface area contributed by atoms with Gasteiger partial charge >= 0.3 is 0 Å². The van der Waals surface area contributed by atoms with Gasteiger partial charge in [0.25, 0.3) is 5.92 Å². The Labute approximate surface area is 162 Å². The number of alkyl halides is 2. The van der Waals surface area contributed by atoms with Crippen LogP contribution >= 0.6 is 0 Å². The molecule has 0 unspecified atom stereocenters. The summed E-state index contributed by atoms with van der Waals surface area (Å²) in [6.07, 6.45) is -0.211. The molecule has 1 aliphatic heterocycles. The largest absolute Gasteiger partial charge is 0.365 e. The molecule has 1 fully saturated rings. The minimum absolute atomic E-state index is 0.126. The van der Waals surface area contributed by atoms with E-state index in [1.165, 1.54) is 20.2 Å². The molecule has 1 saturated heterocycles. The molecule has 0 aliphatic carbocycles. The first-order valence-electron chi connectivity index (χ1n) is 8.95. The Bertz CT molecular complexity index is 1110. The average Bonchev–Trinajstić information content (AvgIpc) is 3.23. The smallest absolute Gasteiger partial charge is 0.266 e. The monoisotopic (exact) mass is 405 g/mol. The van der Waals surface area contributed by atoms with Crippen molar-refractivity contribution < 1.29 is 17.2 Å². The minimum Gasteiger partial charge on any atom is -0.365 e. The Balaban J connectivity index is 1.89. The van der Waals surface area contributed by atoms with Crippen molar-refractivity contribution in [1.29, 1.82) is 0 Å². The molecule has 28 heavy (non-hydrogen) atoms. The van der Waals surface area contributed by atoms with Crippen molar-refractivity contribution in [2.75, 3.05) is 32.1 Å². The number of H-pyrrole nitrogens is 1. The van der Waals surface area contributed by atoms with Gasteiger partial charge in [0.1, 0.15) is 0 Å². The number of hydrogen-bond donors (Lipinski definition) is 1. The SMILES string of the molecule is CN(C)S(=O)(=O)c1ccc(N2CCC(F)(F)C2)c(-c2cc3ccccc3[nH]2)c1. The lowest BCUT2D eigenvalue weighted by molar-refractivity contribution is 0.0257. The third-order valence-corrected chi connectivity index (χ3v) is 6.89. The van der Waals surface area contributed by atoms with E-state index < -0.39 is 15.9 Å². The highest BCUT2D eigenvalue weighted by Crippen LogP contribution is 2.39. The number of nitrogens with one attached hydrogen (secondary N) is 1. The van der Waals surface area contributed by atoms with E-state index in [2.05, 4.69) is 4.98 Å². The summed E-state index contributed by atoms with van der Waals surface area (Å²) in [5, 5.41) is 0.969. The normalized spacial score (nSPS) is 17.0. The summed E-state index contributed by atoms with van der Waals surface area (Å²) in [5.74, 6) is -2.74. The molecule has 0 amide bonds. The van der Waals surface area contributed by atoms with Gasteiger partial charge in [-0.3, -0.25) is 0 Å². The number of rotatable bonds is 4. The van der Waals surface area contributed by atoms with E-state index in [-0.39, 0.29) is 24.4 Å². The maximum absolute atomic E-state index is 13.8. The minimum atomic E-state index is -3.65. The fourth-order valence-electron chi connectivity index (χ4n) is 3.54. The number of fused-ring (bicyclic) bond motifs is 1. The molecule has 0 atom stereocenters. The average molecular weight is 405 g/mol. The van der Waals surface area contributed by atoms with Gasteiger partial charge in [-0.2, -0.15) is 0 Å². The predicted octanol–water partition coefficient (Wildman–Crippen LogP) is 3.93. The van der Waals surface area contributed by atoms with E-state index in [0.29, 0.717) is 16.9 Å². The maximum atomic E-state index is 13.8. The van der Waals surface area contributed by atoms with Crippen LogP contribution in [0.1, 0.15) is 6.42 Å². The number of aromatic nitrogens is 1. The number of para-hydroxylation sites is 1. The highest BCUT2D eigenvalue weighted by atomic mass is 32.2. The van der Waals surface area contributed by atoms with Crippen LogP contribution in [0, 0.1) is 0 Å². The zero-order valence-corrected chi connectivity index (χ0v) is 16.4. The number of nitrogens with zero attached hydrogens (tertiary/aromatic N) is 2. The standard InChI is InChI=1S/C20H21F2N3O2S/c1-24(2)28(26,27)15-7-8-19(25-10-9-20(21,22)13-25)16(12-15)18-11-14-5-3-4-6-17(14)23-18/h3-8,11-12,23H,9-10,13H2,1-2H3. The van der Waals surface area contributed by atoms with E-state index in [4.69, 9.17) is 0 Å². The molecule has 0 spiro atoms. The van der Waals surface area contributed by atoms with Crippen LogP contribution in [0.15, 0.2) is 53.4 Å². The van der Waals surface area contributed by atoms with E-state index in [0.717, 1.165) is 15.2 Å². The molecule has 2 aromatic carbocycles. The second-order valence-corrected chi connectivity index (χ2v) is 9.42. The van der Waals surface area contributed by atoms with Crippen LogP contribution in [0.2, 0.25) is 0 Å². The van der Waals surface area contributed by atoms with Gasteiger partial charge in [0.05, 0.1) is 11.4 Å². The molecule has 8 heteroatoms. The number of aromatic amines is 1. The van der Waals surface area contributed by atoms with Crippen LogP contribution in [-0.4, -0.2) is 50.8 Å². The highest BCUT2D eigenvalue weighted by molar-refractivity contribution is 7.89. The zero-order chi connectivity index (χ0) is 20.1. The first-order valence-corrected chi connectivity index (χ1v) is 10.4. The molecule has 0 radical (unpaired) electrons. The summed E-state index contributed by atoms with van der Waals surface area (Å²) in [7, 11) is -0.717. The number of halogens is 2. The van der Waals surface area contributed by atoms with Crippen molar-refractivity contribution in [3.05, 3.63) is 48.5 Å². The topological polar surface area (TPSA) is 56.4 Å². The summed E-state index contributed by atoms with van der Waals surface area (Å²) >= 11 is 0. The van der Waals surface area contributed by atoms with Crippen molar-refractivity contribution in [2.24, 2.45) is 0 Å². The number of anilines is 1. The van der Waals surface area contributed by atoms with Crippen molar-refractivity contribution >= 4 is 26.6 Å². The lowest BCUT2D eigenvalue weighted by Gasteiger charge is -2.22. The van der Waals surface area contributed by atoms with Crippen LogP contribution in [0.3, 0.4) is 0 Å². The molecule has 2 heterocycles. The lowest BCUT2D eigenvalue weighted by atomic mass is 10.1. The molecular weight excluding hydrogens is 384 g/mol. The molecule has 0 bridgehead atoms. The van der Waals surface area contributed by atoms with Gasteiger partial charge < -0.3 is 9.88 Å². The molecule has 4 rings (SSSR count). The third-order valence-electron chi connectivity index (χ3n) is 5.08. The lowest BCUT2D eigenvalue weighted by Crippen LogP contribution is -2.26. The number of benzene rings is 2. The molecule has 1 aromatic heterocycles. The van der Waals surface area contributed by atoms with Crippen molar-refractivity contribution in [3.8, 4) is 11.3 Å². The molecule has 0 saturated carbocycles. The molecular formula is C20H21F2N3O2S. The zero-order valence-electron chi connectivity index (χ0n) is 15.6. The van der Waals surface area contributed by atoms with Gasteiger partial charge in [-0.1, -0.05) is 18.2 Å². The van der Waals surface area contributed by atoms with Gasteiger partial charge in [0, 0.05) is 54.9 Å². The second-order valence-electron chi connectivity index (χ2n) is 7.26. The molecule has 3 aromatic rings. The summed E-state index contributed by atoms with van der Waals surface area (Å²) < 4.78 is 54.0. The van der Waals surface area contributed by atoms with Gasteiger partial charge in [0.2, 0.25) is 10.0 Å². The van der Waals surface area contributed by atoms with Gasteiger partial charge in [0.15, 0.2) is 0 Å². The van der Waals surface area contributed by atoms with Gasteiger partial charge in [-0.15, -0.1) is 0 Å². The fraction of sp³-hybridized carbons (Fsp3) is 0.300. The second kappa shape index (κ2) is 6.56. The molecule has 1 aliphatic rings. The van der Waals surface area contributed by atoms with E-state index in [9.17, 15) is 17.2 Å². The fourth-order valence-corrected chi connectivity index (χ4v) is 4.47. The molecule has 5 nitrogen and oxygen atoms in total.